The minimum absolute atomic E-state index is 0.174. The standard InChI is InChI=1S/C10H18O2/c1-6-4-7-2-3-9(11)8(5-6)10(7)12/h6-12H,2-5H2,1H3/t6-,7-,8-,9-,10-/m1/s1. The van der Waals surface area contributed by atoms with Crippen LogP contribution in [0.1, 0.15) is 32.6 Å². The number of aliphatic hydroxyl groups excluding tert-OH is 2. The van der Waals surface area contributed by atoms with E-state index in [1.54, 1.807) is 0 Å². The van der Waals surface area contributed by atoms with Gasteiger partial charge in [-0.3, -0.25) is 0 Å². The van der Waals surface area contributed by atoms with Crippen molar-refractivity contribution in [3.05, 3.63) is 0 Å². The maximum atomic E-state index is 9.82. The third-order valence-corrected chi connectivity index (χ3v) is 3.63. The Morgan fingerprint density at radius 1 is 1.08 bits per heavy atom. The second-order valence-electron chi connectivity index (χ2n) is 4.64. The third kappa shape index (κ3) is 1.27. The van der Waals surface area contributed by atoms with Gasteiger partial charge < -0.3 is 10.2 Å². The molecule has 0 aromatic carbocycles. The highest BCUT2D eigenvalue weighted by atomic mass is 16.3. The van der Waals surface area contributed by atoms with Gasteiger partial charge in [0.25, 0.3) is 0 Å². The van der Waals surface area contributed by atoms with Gasteiger partial charge >= 0.3 is 0 Å². The minimum Gasteiger partial charge on any atom is -0.393 e. The molecule has 2 aliphatic rings. The molecule has 70 valence electrons. The van der Waals surface area contributed by atoms with Crippen molar-refractivity contribution < 1.29 is 10.2 Å². The van der Waals surface area contributed by atoms with E-state index in [9.17, 15) is 10.2 Å². The Balaban J connectivity index is 2.11. The largest absolute Gasteiger partial charge is 0.393 e. The molecular formula is C10H18O2. The average molecular weight is 170 g/mol. The van der Waals surface area contributed by atoms with Crippen LogP contribution in [0.4, 0.5) is 0 Å². The van der Waals surface area contributed by atoms with Gasteiger partial charge in [0.1, 0.15) is 0 Å². The number of hydrogen-bond acceptors (Lipinski definition) is 2. The van der Waals surface area contributed by atoms with Crippen LogP contribution < -0.4 is 0 Å². The number of fused-ring (bicyclic) bond motifs is 2. The lowest BCUT2D eigenvalue weighted by Crippen LogP contribution is -2.46. The molecule has 2 fully saturated rings. The first kappa shape index (κ1) is 8.52. The van der Waals surface area contributed by atoms with Crippen molar-refractivity contribution >= 4 is 0 Å². The van der Waals surface area contributed by atoms with Gasteiger partial charge in [0, 0.05) is 5.92 Å². The minimum atomic E-state index is -0.237. The van der Waals surface area contributed by atoms with E-state index in [-0.39, 0.29) is 18.1 Å². The molecule has 2 nitrogen and oxygen atoms in total. The summed E-state index contributed by atoms with van der Waals surface area (Å²) in [4.78, 5) is 0. The fourth-order valence-electron chi connectivity index (χ4n) is 2.98. The molecule has 0 aromatic heterocycles. The molecule has 0 spiro atoms. The van der Waals surface area contributed by atoms with Gasteiger partial charge in [-0.05, 0) is 37.5 Å². The monoisotopic (exact) mass is 170 g/mol. The van der Waals surface area contributed by atoms with E-state index in [2.05, 4.69) is 6.92 Å². The highest BCUT2D eigenvalue weighted by molar-refractivity contribution is 4.92. The molecule has 2 aliphatic carbocycles. The molecular weight excluding hydrogens is 152 g/mol. The highest BCUT2D eigenvalue weighted by Crippen LogP contribution is 2.42. The number of hydrogen-bond donors (Lipinski definition) is 2. The maximum absolute atomic E-state index is 9.82. The molecule has 12 heavy (non-hydrogen) atoms. The van der Waals surface area contributed by atoms with Crippen LogP contribution in [-0.4, -0.2) is 22.4 Å². The molecule has 0 radical (unpaired) electrons. The van der Waals surface area contributed by atoms with E-state index in [0.717, 1.165) is 25.7 Å². The van der Waals surface area contributed by atoms with Crippen molar-refractivity contribution in [3.63, 3.8) is 0 Å². The Labute approximate surface area is 73.6 Å². The molecule has 5 atom stereocenters. The van der Waals surface area contributed by atoms with Crippen LogP contribution in [-0.2, 0) is 0 Å². The normalized spacial score (nSPS) is 53.8. The summed E-state index contributed by atoms with van der Waals surface area (Å²) in [7, 11) is 0. The van der Waals surface area contributed by atoms with Crippen LogP contribution in [0.3, 0.4) is 0 Å². The van der Waals surface area contributed by atoms with E-state index in [4.69, 9.17) is 0 Å². The van der Waals surface area contributed by atoms with Gasteiger partial charge in [0.05, 0.1) is 12.2 Å². The van der Waals surface area contributed by atoms with Crippen molar-refractivity contribution in [2.75, 3.05) is 0 Å². The van der Waals surface area contributed by atoms with Gasteiger partial charge in [0.15, 0.2) is 0 Å². The van der Waals surface area contributed by atoms with E-state index in [1.807, 2.05) is 0 Å². The van der Waals surface area contributed by atoms with Crippen molar-refractivity contribution in [2.24, 2.45) is 17.8 Å². The molecule has 2 heteroatoms. The first-order valence-corrected chi connectivity index (χ1v) is 5.04. The Morgan fingerprint density at radius 3 is 2.58 bits per heavy atom. The molecule has 0 amide bonds. The van der Waals surface area contributed by atoms with E-state index in [0.29, 0.717) is 11.8 Å². The summed E-state index contributed by atoms with van der Waals surface area (Å²) in [5.74, 6) is 1.34. The maximum Gasteiger partial charge on any atom is 0.0621 e. The first-order chi connectivity index (χ1) is 5.68. The van der Waals surface area contributed by atoms with Crippen molar-refractivity contribution in [1.29, 1.82) is 0 Å². The number of rotatable bonds is 0. The molecule has 0 unspecified atom stereocenters. The van der Waals surface area contributed by atoms with Gasteiger partial charge in [-0.1, -0.05) is 6.92 Å². The van der Waals surface area contributed by atoms with Gasteiger partial charge in [0.2, 0.25) is 0 Å². The predicted molar refractivity (Wildman–Crippen MR) is 46.6 cm³/mol. The topological polar surface area (TPSA) is 40.5 Å². The van der Waals surface area contributed by atoms with E-state index >= 15 is 0 Å². The highest BCUT2D eigenvalue weighted by Gasteiger charge is 2.42. The van der Waals surface area contributed by atoms with Crippen LogP contribution in [0, 0.1) is 17.8 Å². The molecule has 2 N–H and O–H groups in total. The fraction of sp³-hybridized carbons (Fsp3) is 1.00. The third-order valence-electron chi connectivity index (χ3n) is 3.63. The Kier molecular flexibility index (Phi) is 2.13. The second kappa shape index (κ2) is 3.00. The summed E-state index contributed by atoms with van der Waals surface area (Å²) in [6, 6.07) is 0. The summed E-state index contributed by atoms with van der Waals surface area (Å²) in [6.45, 7) is 2.23. The molecule has 0 aromatic rings. The Hall–Kier alpha value is -0.0800. The molecule has 0 aliphatic heterocycles. The van der Waals surface area contributed by atoms with E-state index in [1.165, 1.54) is 0 Å². The quantitative estimate of drug-likeness (QED) is 0.573. The summed E-state index contributed by atoms with van der Waals surface area (Å²) in [5, 5.41) is 19.5. The van der Waals surface area contributed by atoms with Crippen LogP contribution in [0.15, 0.2) is 0 Å². The molecule has 2 rings (SSSR count). The SMILES string of the molecule is C[C@@H]1C[C@H]2CC[C@@H](O)[C@@H](C1)[C@@H]2O. The summed E-state index contributed by atoms with van der Waals surface area (Å²) >= 11 is 0. The van der Waals surface area contributed by atoms with Crippen molar-refractivity contribution in [3.8, 4) is 0 Å². The number of aliphatic hydroxyl groups is 2. The van der Waals surface area contributed by atoms with Crippen LogP contribution >= 0.6 is 0 Å². The Bertz CT molecular complexity index is 169. The van der Waals surface area contributed by atoms with Crippen LogP contribution in [0.2, 0.25) is 0 Å². The second-order valence-corrected chi connectivity index (χ2v) is 4.64. The fourth-order valence-corrected chi connectivity index (χ4v) is 2.98. The predicted octanol–water partition coefficient (Wildman–Crippen LogP) is 1.16. The zero-order chi connectivity index (χ0) is 8.72. The molecule has 0 saturated heterocycles. The zero-order valence-corrected chi connectivity index (χ0v) is 7.61. The smallest absolute Gasteiger partial charge is 0.0621 e. The summed E-state index contributed by atoms with van der Waals surface area (Å²) in [5.41, 5.74) is 0. The lowest BCUT2D eigenvalue weighted by Gasteiger charge is -2.44. The molecule has 2 saturated carbocycles. The summed E-state index contributed by atoms with van der Waals surface area (Å²) in [6.07, 6.45) is 3.63. The van der Waals surface area contributed by atoms with Gasteiger partial charge in [-0.25, -0.2) is 0 Å². The van der Waals surface area contributed by atoms with Gasteiger partial charge in [-0.2, -0.15) is 0 Å². The van der Waals surface area contributed by atoms with Crippen LogP contribution in [0.5, 0.6) is 0 Å². The summed E-state index contributed by atoms with van der Waals surface area (Å²) < 4.78 is 0. The first-order valence-electron chi connectivity index (χ1n) is 5.04. The molecule has 0 heterocycles. The van der Waals surface area contributed by atoms with Crippen molar-refractivity contribution in [2.45, 2.75) is 44.8 Å². The lowest BCUT2D eigenvalue weighted by molar-refractivity contribution is -0.0935. The molecule has 2 bridgehead atoms. The van der Waals surface area contributed by atoms with Gasteiger partial charge in [-0.15, -0.1) is 0 Å². The average Bonchev–Trinajstić information content (AvgIpc) is 2.01. The Morgan fingerprint density at radius 2 is 1.83 bits per heavy atom. The lowest BCUT2D eigenvalue weighted by atomic mass is 9.65. The van der Waals surface area contributed by atoms with E-state index < -0.39 is 0 Å². The van der Waals surface area contributed by atoms with Crippen LogP contribution in [0.25, 0.3) is 0 Å². The van der Waals surface area contributed by atoms with Crippen molar-refractivity contribution in [1.82, 2.24) is 0 Å². The zero-order valence-electron chi connectivity index (χ0n) is 7.61.